The van der Waals surface area contributed by atoms with Crippen molar-refractivity contribution in [3.8, 4) is 11.8 Å². The van der Waals surface area contributed by atoms with Crippen molar-refractivity contribution in [3.05, 3.63) is 28.8 Å². The van der Waals surface area contributed by atoms with Crippen LogP contribution in [0.5, 0.6) is 5.75 Å². The van der Waals surface area contributed by atoms with E-state index < -0.39 is 0 Å². The molecule has 0 saturated carbocycles. The van der Waals surface area contributed by atoms with Gasteiger partial charge >= 0.3 is 0 Å². The van der Waals surface area contributed by atoms with Crippen molar-refractivity contribution < 1.29 is 4.74 Å². The summed E-state index contributed by atoms with van der Waals surface area (Å²) in [6, 6.07) is 7.50. The number of nitriles is 1. The highest BCUT2D eigenvalue weighted by molar-refractivity contribution is 6.31. The zero-order valence-corrected chi connectivity index (χ0v) is 8.14. The summed E-state index contributed by atoms with van der Waals surface area (Å²) in [5.74, 6) is 0.753. The van der Waals surface area contributed by atoms with Gasteiger partial charge in [0, 0.05) is 10.6 Å². The Kier molecular flexibility index (Phi) is 3.60. The lowest BCUT2D eigenvalue weighted by atomic mass is 10.2. The van der Waals surface area contributed by atoms with Crippen LogP contribution in [0.4, 0.5) is 0 Å². The minimum Gasteiger partial charge on any atom is -0.492 e. The molecule has 0 heterocycles. The van der Waals surface area contributed by atoms with Crippen LogP contribution in [0.25, 0.3) is 0 Å². The second-order valence-electron chi connectivity index (χ2n) is 2.62. The van der Waals surface area contributed by atoms with Gasteiger partial charge in [0.25, 0.3) is 0 Å². The largest absolute Gasteiger partial charge is 0.492 e. The first kappa shape index (κ1) is 9.88. The van der Waals surface area contributed by atoms with Crippen LogP contribution in [0.15, 0.2) is 18.2 Å². The Balaban J connectivity index is 2.67. The molecular weight excluding hydrogens is 186 g/mol. The van der Waals surface area contributed by atoms with Gasteiger partial charge in [-0.25, -0.2) is 0 Å². The summed E-state index contributed by atoms with van der Waals surface area (Å²) in [5, 5.41) is 9.00. The van der Waals surface area contributed by atoms with Crippen LogP contribution in [-0.4, -0.2) is 6.61 Å². The number of nitrogens with zero attached hydrogens (tertiary/aromatic N) is 1. The van der Waals surface area contributed by atoms with Crippen molar-refractivity contribution in [1.82, 2.24) is 0 Å². The topological polar surface area (TPSA) is 33.0 Å². The van der Waals surface area contributed by atoms with E-state index in [0.29, 0.717) is 18.1 Å². The highest BCUT2D eigenvalue weighted by atomic mass is 35.5. The third-order valence-electron chi connectivity index (χ3n) is 1.69. The van der Waals surface area contributed by atoms with Crippen LogP contribution in [-0.2, 0) is 0 Å². The molecule has 0 aliphatic rings. The van der Waals surface area contributed by atoms with Crippen LogP contribution in [0.3, 0.4) is 0 Å². The van der Waals surface area contributed by atoms with Crippen molar-refractivity contribution in [1.29, 1.82) is 5.26 Å². The molecule has 1 rings (SSSR count). The van der Waals surface area contributed by atoms with Gasteiger partial charge in [-0.05, 0) is 19.1 Å². The molecule has 0 bridgehead atoms. The average Bonchev–Trinajstić information content (AvgIpc) is 2.13. The molecule has 68 valence electrons. The van der Waals surface area contributed by atoms with Gasteiger partial charge in [0.2, 0.25) is 0 Å². The summed E-state index contributed by atoms with van der Waals surface area (Å²) in [4.78, 5) is 0. The number of hydrogen-bond acceptors (Lipinski definition) is 2. The highest BCUT2D eigenvalue weighted by Gasteiger charge is 2.01. The van der Waals surface area contributed by atoms with Crippen LogP contribution in [0.1, 0.15) is 12.0 Å². The van der Waals surface area contributed by atoms with Crippen molar-refractivity contribution >= 4 is 11.6 Å². The maximum absolute atomic E-state index is 8.31. The van der Waals surface area contributed by atoms with E-state index in [9.17, 15) is 0 Å². The number of hydrogen-bond donors (Lipinski definition) is 0. The smallest absolute Gasteiger partial charge is 0.123 e. The molecule has 13 heavy (non-hydrogen) atoms. The fourth-order valence-corrected chi connectivity index (χ4v) is 1.12. The summed E-state index contributed by atoms with van der Waals surface area (Å²) in [6.07, 6.45) is 0.395. The van der Waals surface area contributed by atoms with Crippen molar-refractivity contribution in [3.63, 3.8) is 0 Å². The quantitative estimate of drug-likeness (QED) is 0.695. The molecule has 1 aromatic carbocycles. The van der Waals surface area contributed by atoms with Crippen LogP contribution < -0.4 is 4.74 Å². The SMILES string of the molecule is Cc1c(Cl)cccc1OCCC#N. The number of rotatable bonds is 3. The second-order valence-corrected chi connectivity index (χ2v) is 3.03. The van der Waals surface area contributed by atoms with Crippen LogP contribution in [0, 0.1) is 18.3 Å². The Morgan fingerprint density at radius 1 is 1.54 bits per heavy atom. The number of ether oxygens (including phenoxy) is 1. The normalized spacial score (nSPS) is 9.31. The van der Waals surface area contributed by atoms with E-state index in [2.05, 4.69) is 0 Å². The van der Waals surface area contributed by atoms with E-state index in [1.807, 2.05) is 31.2 Å². The molecule has 0 N–H and O–H groups in total. The van der Waals surface area contributed by atoms with Gasteiger partial charge in [-0.1, -0.05) is 17.7 Å². The minimum atomic E-state index is 0.395. The molecule has 0 atom stereocenters. The zero-order chi connectivity index (χ0) is 9.68. The molecule has 0 saturated heterocycles. The summed E-state index contributed by atoms with van der Waals surface area (Å²) in [7, 11) is 0. The van der Waals surface area contributed by atoms with Gasteiger partial charge in [0.1, 0.15) is 12.4 Å². The van der Waals surface area contributed by atoms with Gasteiger partial charge < -0.3 is 4.74 Å². The fourth-order valence-electron chi connectivity index (χ4n) is 0.951. The first-order chi connectivity index (χ1) is 6.25. The third kappa shape index (κ3) is 2.64. The Morgan fingerprint density at radius 2 is 2.31 bits per heavy atom. The maximum Gasteiger partial charge on any atom is 0.123 e. The highest BCUT2D eigenvalue weighted by Crippen LogP contribution is 2.24. The average molecular weight is 196 g/mol. The predicted octanol–water partition coefficient (Wildman–Crippen LogP) is 2.94. The predicted molar refractivity (Wildman–Crippen MR) is 51.9 cm³/mol. The summed E-state index contributed by atoms with van der Waals surface area (Å²) in [6.45, 7) is 2.31. The van der Waals surface area contributed by atoms with Gasteiger partial charge in [0.15, 0.2) is 0 Å². The molecule has 3 heteroatoms. The first-order valence-electron chi connectivity index (χ1n) is 4.00. The third-order valence-corrected chi connectivity index (χ3v) is 2.10. The molecular formula is C10H10ClNO. The minimum absolute atomic E-state index is 0.395. The molecule has 0 unspecified atom stereocenters. The molecule has 0 aliphatic heterocycles. The van der Waals surface area contributed by atoms with Crippen LogP contribution in [0.2, 0.25) is 5.02 Å². The van der Waals surface area contributed by atoms with Gasteiger partial charge in [-0.15, -0.1) is 0 Å². The summed E-state index contributed by atoms with van der Waals surface area (Å²) in [5.41, 5.74) is 0.919. The number of halogens is 1. The molecule has 0 spiro atoms. The van der Waals surface area contributed by atoms with Gasteiger partial charge in [-0.3, -0.25) is 0 Å². The van der Waals surface area contributed by atoms with E-state index in [1.54, 1.807) is 0 Å². The lowest BCUT2D eigenvalue weighted by molar-refractivity contribution is 0.324. The first-order valence-corrected chi connectivity index (χ1v) is 4.38. The Labute approximate surface area is 82.7 Å². The second kappa shape index (κ2) is 4.74. The van der Waals surface area contributed by atoms with E-state index in [4.69, 9.17) is 21.6 Å². The lowest BCUT2D eigenvalue weighted by Gasteiger charge is -2.07. The van der Waals surface area contributed by atoms with Crippen molar-refractivity contribution in [2.24, 2.45) is 0 Å². The molecule has 2 nitrogen and oxygen atoms in total. The molecule has 1 aromatic rings. The lowest BCUT2D eigenvalue weighted by Crippen LogP contribution is -1.97. The molecule has 0 amide bonds. The van der Waals surface area contributed by atoms with Crippen LogP contribution >= 0.6 is 11.6 Å². The van der Waals surface area contributed by atoms with Crippen molar-refractivity contribution in [2.75, 3.05) is 6.61 Å². The van der Waals surface area contributed by atoms with E-state index >= 15 is 0 Å². The summed E-state index contributed by atoms with van der Waals surface area (Å²) < 4.78 is 5.35. The van der Waals surface area contributed by atoms with E-state index in [-0.39, 0.29) is 0 Å². The zero-order valence-electron chi connectivity index (χ0n) is 7.38. The standard InChI is InChI=1S/C10H10ClNO/c1-8-9(11)4-2-5-10(8)13-7-3-6-12/h2,4-5H,3,7H2,1H3. The fraction of sp³-hybridized carbons (Fsp3) is 0.300. The number of benzene rings is 1. The van der Waals surface area contributed by atoms with Crippen molar-refractivity contribution in [2.45, 2.75) is 13.3 Å². The monoisotopic (exact) mass is 195 g/mol. The van der Waals surface area contributed by atoms with E-state index in [1.165, 1.54) is 0 Å². The maximum atomic E-state index is 8.31. The Morgan fingerprint density at radius 3 is 3.00 bits per heavy atom. The molecule has 0 aromatic heterocycles. The molecule has 0 aliphatic carbocycles. The Hall–Kier alpha value is -1.20. The molecule has 0 radical (unpaired) electrons. The van der Waals surface area contributed by atoms with E-state index in [0.717, 1.165) is 11.3 Å². The summed E-state index contributed by atoms with van der Waals surface area (Å²) >= 11 is 5.88. The molecule has 0 fully saturated rings. The van der Waals surface area contributed by atoms with Gasteiger partial charge in [-0.2, -0.15) is 5.26 Å². The van der Waals surface area contributed by atoms with Gasteiger partial charge in [0.05, 0.1) is 12.5 Å². The Bertz CT molecular complexity index is 330.